The number of hydrogen-bond acceptors (Lipinski definition) is 3. The van der Waals surface area contributed by atoms with Crippen LogP contribution < -0.4 is 10.6 Å². The highest BCUT2D eigenvalue weighted by Crippen LogP contribution is 2.10. The number of sulfonamides is 1. The summed E-state index contributed by atoms with van der Waals surface area (Å²) in [6, 6.07) is 4.80. The average Bonchev–Trinajstić information content (AvgIpc) is 2.58. The zero-order valence-electron chi connectivity index (χ0n) is 15.9. The van der Waals surface area contributed by atoms with Gasteiger partial charge in [-0.05, 0) is 49.9 Å². The standard InChI is InChI=1S/C17H29FN4O2S.HI/c1-5-25(23,24)22(4)12-6-10-20-17(19-3)21-11-9-15-7-8-16(18)13-14(15)2;/h7-8,13H,5-6,9-12H2,1-4H3,(H2,19,20,21);1H. The van der Waals surface area contributed by atoms with E-state index in [4.69, 9.17) is 0 Å². The molecule has 0 radical (unpaired) electrons. The molecule has 0 heterocycles. The number of hydrogen-bond donors (Lipinski definition) is 2. The van der Waals surface area contributed by atoms with E-state index in [1.165, 1.54) is 16.4 Å². The SMILES string of the molecule is CCS(=O)(=O)N(C)CCCNC(=NC)NCCc1ccc(F)cc1C.I. The smallest absolute Gasteiger partial charge is 0.213 e. The van der Waals surface area contributed by atoms with Crippen LogP contribution in [0.15, 0.2) is 23.2 Å². The molecule has 1 aromatic carbocycles. The Balaban J connectivity index is 0.00000625. The van der Waals surface area contributed by atoms with Crippen LogP contribution in [-0.2, 0) is 16.4 Å². The molecule has 0 unspecified atom stereocenters. The zero-order valence-corrected chi connectivity index (χ0v) is 19.0. The van der Waals surface area contributed by atoms with Gasteiger partial charge in [0.1, 0.15) is 5.82 Å². The van der Waals surface area contributed by atoms with Crippen molar-refractivity contribution in [3.05, 3.63) is 35.1 Å². The van der Waals surface area contributed by atoms with Gasteiger partial charge in [0.2, 0.25) is 10.0 Å². The topological polar surface area (TPSA) is 73.8 Å². The van der Waals surface area contributed by atoms with Gasteiger partial charge in [0.15, 0.2) is 5.96 Å². The molecule has 26 heavy (non-hydrogen) atoms. The summed E-state index contributed by atoms with van der Waals surface area (Å²) in [5.74, 6) is 0.561. The number of aryl methyl sites for hydroxylation is 1. The average molecular weight is 500 g/mol. The van der Waals surface area contributed by atoms with E-state index in [-0.39, 0.29) is 35.5 Å². The van der Waals surface area contributed by atoms with E-state index < -0.39 is 10.0 Å². The Kier molecular flexibility index (Phi) is 12.0. The zero-order chi connectivity index (χ0) is 18.9. The molecule has 2 N–H and O–H groups in total. The first-order chi connectivity index (χ1) is 11.8. The predicted octanol–water partition coefficient (Wildman–Crippen LogP) is 2.13. The van der Waals surface area contributed by atoms with Crippen LogP contribution in [0.4, 0.5) is 4.39 Å². The first-order valence-electron chi connectivity index (χ1n) is 8.43. The Morgan fingerprint density at radius 1 is 1.27 bits per heavy atom. The van der Waals surface area contributed by atoms with E-state index in [1.807, 2.05) is 6.92 Å². The van der Waals surface area contributed by atoms with Crippen molar-refractivity contribution in [3.8, 4) is 0 Å². The maximum Gasteiger partial charge on any atom is 0.213 e. The molecule has 0 saturated carbocycles. The number of guanidine groups is 1. The van der Waals surface area contributed by atoms with Gasteiger partial charge in [0.05, 0.1) is 5.75 Å². The molecule has 0 fully saturated rings. The molecular weight excluding hydrogens is 470 g/mol. The number of benzene rings is 1. The van der Waals surface area contributed by atoms with Gasteiger partial charge in [0, 0.05) is 33.7 Å². The minimum absolute atomic E-state index is 0. The van der Waals surface area contributed by atoms with Crippen molar-refractivity contribution in [3.63, 3.8) is 0 Å². The summed E-state index contributed by atoms with van der Waals surface area (Å²) in [6.45, 7) is 5.30. The first kappa shape index (κ1) is 25.1. The Hall–Kier alpha value is -0.940. The van der Waals surface area contributed by atoms with E-state index in [0.717, 1.165) is 17.5 Å². The Morgan fingerprint density at radius 2 is 1.92 bits per heavy atom. The molecule has 1 rings (SSSR count). The van der Waals surface area contributed by atoms with Crippen molar-refractivity contribution >= 4 is 40.0 Å². The second-order valence-corrected chi connectivity index (χ2v) is 8.19. The van der Waals surface area contributed by atoms with Crippen molar-refractivity contribution < 1.29 is 12.8 Å². The lowest BCUT2D eigenvalue weighted by atomic mass is 10.1. The maximum atomic E-state index is 13.1. The molecule has 0 aliphatic carbocycles. The van der Waals surface area contributed by atoms with E-state index >= 15 is 0 Å². The predicted molar refractivity (Wildman–Crippen MR) is 116 cm³/mol. The second kappa shape index (κ2) is 12.4. The summed E-state index contributed by atoms with van der Waals surface area (Å²) in [7, 11) is 0.157. The molecule has 9 heteroatoms. The highest BCUT2D eigenvalue weighted by molar-refractivity contribution is 14.0. The molecule has 0 amide bonds. The summed E-state index contributed by atoms with van der Waals surface area (Å²) in [6.07, 6.45) is 1.46. The lowest BCUT2D eigenvalue weighted by Gasteiger charge is -2.17. The van der Waals surface area contributed by atoms with Crippen LogP contribution in [0.3, 0.4) is 0 Å². The maximum absolute atomic E-state index is 13.1. The van der Waals surface area contributed by atoms with Gasteiger partial charge in [-0.2, -0.15) is 0 Å². The van der Waals surface area contributed by atoms with Crippen molar-refractivity contribution in [1.29, 1.82) is 0 Å². The molecule has 0 aliphatic heterocycles. The van der Waals surface area contributed by atoms with Gasteiger partial charge in [-0.1, -0.05) is 6.07 Å². The fourth-order valence-electron chi connectivity index (χ4n) is 2.34. The summed E-state index contributed by atoms with van der Waals surface area (Å²) < 4.78 is 37.8. The van der Waals surface area contributed by atoms with Crippen molar-refractivity contribution in [1.82, 2.24) is 14.9 Å². The molecule has 6 nitrogen and oxygen atoms in total. The highest BCUT2D eigenvalue weighted by Gasteiger charge is 2.13. The van der Waals surface area contributed by atoms with Crippen LogP contribution in [-0.4, -0.2) is 58.2 Å². The summed E-state index contributed by atoms with van der Waals surface area (Å²) >= 11 is 0. The molecule has 150 valence electrons. The van der Waals surface area contributed by atoms with Gasteiger partial charge in [-0.15, -0.1) is 24.0 Å². The molecule has 1 aromatic rings. The monoisotopic (exact) mass is 500 g/mol. The second-order valence-electron chi connectivity index (χ2n) is 5.82. The van der Waals surface area contributed by atoms with Gasteiger partial charge >= 0.3 is 0 Å². The normalized spacial score (nSPS) is 12.0. The van der Waals surface area contributed by atoms with Crippen LogP contribution in [0, 0.1) is 12.7 Å². The number of nitrogens with zero attached hydrogens (tertiary/aromatic N) is 2. The number of halogens is 2. The largest absolute Gasteiger partial charge is 0.356 e. The Morgan fingerprint density at radius 3 is 2.50 bits per heavy atom. The molecular formula is C17H30FIN4O2S. The van der Waals surface area contributed by atoms with Crippen molar-refractivity contribution in [2.24, 2.45) is 4.99 Å². The molecule has 0 spiro atoms. The van der Waals surface area contributed by atoms with E-state index in [1.54, 1.807) is 27.1 Å². The fraction of sp³-hybridized carbons (Fsp3) is 0.588. The van der Waals surface area contributed by atoms with Crippen LogP contribution in [0.2, 0.25) is 0 Å². The van der Waals surface area contributed by atoms with Gasteiger partial charge in [-0.3, -0.25) is 4.99 Å². The third-order valence-corrected chi connectivity index (χ3v) is 5.86. The van der Waals surface area contributed by atoms with Crippen LogP contribution in [0.1, 0.15) is 24.5 Å². The molecule has 0 saturated heterocycles. The molecule has 0 aliphatic rings. The molecule has 0 atom stereocenters. The lowest BCUT2D eigenvalue weighted by Crippen LogP contribution is -2.40. The third-order valence-electron chi connectivity index (χ3n) is 4.00. The summed E-state index contributed by atoms with van der Waals surface area (Å²) in [5.41, 5.74) is 2.03. The van der Waals surface area contributed by atoms with Crippen LogP contribution >= 0.6 is 24.0 Å². The molecule has 0 bridgehead atoms. The fourth-order valence-corrected chi connectivity index (χ4v) is 3.19. The first-order valence-corrected chi connectivity index (χ1v) is 10.0. The van der Waals surface area contributed by atoms with E-state index in [2.05, 4.69) is 15.6 Å². The number of nitrogens with one attached hydrogen (secondary N) is 2. The number of aliphatic imine (C=N–C) groups is 1. The lowest BCUT2D eigenvalue weighted by molar-refractivity contribution is 0.461. The Bertz CT molecular complexity index is 683. The van der Waals surface area contributed by atoms with Crippen LogP contribution in [0.25, 0.3) is 0 Å². The highest BCUT2D eigenvalue weighted by atomic mass is 127. The Labute approximate surface area is 173 Å². The minimum atomic E-state index is -3.12. The van der Waals surface area contributed by atoms with Gasteiger partial charge in [-0.25, -0.2) is 17.1 Å². The van der Waals surface area contributed by atoms with Gasteiger partial charge < -0.3 is 10.6 Å². The third kappa shape index (κ3) is 8.63. The van der Waals surface area contributed by atoms with E-state index in [9.17, 15) is 12.8 Å². The quantitative estimate of drug-likeness (QED) is 0.236. The minimum Gasteiger partial charge on any atom is -0.356 e. The summed E-state index contributed by atoms with van der Waals surface area (Å²) in [4.78, 5) is 4.14. The van der Waals surface area contributed by atoms with Crippen molar-refractivity contribution in [2.75, 3.05) is 39.5 Å². The van der Waals surface area contributed by atoms with Crippen LogP contribution in [0.5, 0.6) is 0 Å². The van der Waals surface area contributed by atoms with E-state index in [0.29, 0.717) is 32.0 Å². The van der Waals surface area contributed by atoms with Gasteiger partial charge in [0.25, 0.3) is 0 Å². The number of rotatable bonds is 9. The van der Waals surface area contributed by atoms with Crippen molar-refractivity contribution in [2.45, 2.75) is 26.7 Å². The molecule has 0 aromatic heterocycles. The summed E-state index contributed by atoms with van der Waals surface area (Å²) in [5, 5.41) is 6.36.